The van der Waals surface area contributed by atoms with E-state index in [9.17, 15) is 8.78 Å². The standard InChI is InChI=1S/C9H6F2N2O/c10-6-2-1-5(3-7(6)11)9-12-4-8(14)13-9/h1-4,14H,(H,12,13). The molecular formula is C9H6F2N2O. The minimum atomic E-state index is -0.946. The number of rotatable bonds is 1. The van der Waals surface area contributed by atoms with Crippen LogP contribution < -0.4 is 0 Å². The molecule has 1 heterocycles. The summed E-state index contributed by atoms with van der Waals surface area (Å²) in [5.74, 6) is -1.69. The summed E-state index contributed by atoms with van der Waals surface area (Å²) in [5, 5.41) is 8.95. The van der Waals surface area contributed by atoms with Gasteiger partial charge < -0.3 is 10.1 Å². The molecule has 0 aliphatic rings. The highest BCUT2D eigenvalue weighted by Gasteiger charge is 2.06. The molecule has 72 valence electrons. The van der Waals surface area contributed by atoms with E-state index < -0.39 is 11.6 Å². The van der Waals surface area contributed by atoms with Gasteiger partial charge in [0.1, 0.15) is 5.82 Å². The predicted molar refractivity (Wildman–Crippen MR) is 45.6 cm³/mol. The van der Waals surface area contributed by atoms with Gasteiger partial charge in [-0.15, -0.1) is 0 Å². The normalized spacial score (nSPS) is 10.4. The van der Waals surface area contributed by atoms with Crippen molar-refractivity contribution in [3.05, 3.63) is 36.0 Å². The molecule has 1 aromatic heterocycles. The molecule has 0 aliphatic heterocycles. The van der Waals surface area contributed by atoms with Crippen LogP contribution in [0.1, 0.15) is 0 Å². The van der Waals surface area contributed by atoms with Crippen LogP contribution in [0.4, 0.5) is 8.78 Å². The number of hydrogen-bond donors (Lipinski definition) is 2. The third-order valence-corrected chi connectivity index (χ3v) is 1.76. The Hall–Kier alpha value is -1.91. The lowest BCUT2D eigenvalue weighted by Gasteiger charge is -1.97. The second-order valence-corrected chi connectivity index (χ2v) is 2.75. The van der Waals surface area contributed by atoms with Gasteiger partial charge in [-0.25, -0.2) is 13.8 Å². The van der Waals surface area contributed by atoms with E-state index in [-0.39, 0.29) is 5.88 Å². The monoisotopic (exact) mass is 196 g/mol. The van der Waals surface area contributed by atoms with Gasteiger partial charge >= 0.3 is 0 Å². The summed E-state index contributed by atoms with van der Waals surface area (Å²) in [4.78, 5) is 6.26. The first-order chi connectivity index (χ1) is 6.66. The average molecular weight is 196 g/mol. The van der Waals surface area contributed by atoms with E-state index in [1.807, 2.05) is 0 Å². The molecule has 0 saturated heterocycles. The minimum absolute atomic E-state index is 0.121. The zero-order chi connectivity index (χ0) is 10.1. The third kappa shape index (κ3) is 1.44. The molecule has 2 rings (SSSR count). The van der Waals surface area contributed by atoms with Crippen molar-refractivity contribution >= 4 is 0 Å². The van der Waals surface area contributed by atoms with Crippen LogP contribution in [0.2, 0.25) is 0 Å². The molecule has 0 atom stereocenters. The zero-order valence-electron chi connectivity index (χ0n) is 6.96. The van der Waals surface area contributed by atoms with Gasteiger partial charge in [0.25, 0.3) is 0 Å². The van der Waals surface area contributed by atoms with E-state index in [1.54, 1.807) is 0 Å². The first-order valence-corrected chi connectivity index (χ1v) is 3.86. The van der Waals surface area contributed by atoms with Gasteiger partial charge in [-0.1, -0.05) is 0 Å². The second-order valence-electron chi connectivity index (χ2n) is 2.75. The fourth-order valence-electron chi connectivity index (χ4n) is 1.10. The molecule has 5 heteroatoms. The van der Waals surface area contributed by atoms with Crippen LogP contribution in [-0.2, 0) is 0 Å². The van der Waals surface area contributed by atoms with Gasteiger partial charge in [0, 0.05) is 5.56 Å². The number of benzene rings is 1. The van der Waals surface area contributed by atoms with Gasteiger partial charge in [0.15, 0.2) is 11.6 Å². The fourth-order valence-corrected chi connectivity index (χ4v) is 1.10. The van der Waals surface area contributed by atoms with Crippen molar-refractivity contribution in [1.82, 2.24) is 9.97 Å². The Morgan fingerprint density at radius 3 is 2.57 bits per heavy atom. The number of H-pyrrole nitrogens is 1. The number of nitrogens with one attached hydrogen (secondary N) is 1. The maximum absolute atomic E-state index is 12.8. The van der Waals surface area contributed by atoms with Gasteiger partial charge in [-0.05, 0) is 18.2 Å². The molecule has 0 fully saturated rings. The number of aromatic hydroxyl groups is 1. The first-order valence-electron chi connectivity index (χ1n) is 3.86. The lowest BCUT2D eigenvalue weighted by Crippen LogP contribution is -1.86. The molecular weight excluding hydrogens is 190 g/mol. The van der Waals surface area contributed by atoms with E-state index >= 15 is 0 Å². The second kappa shape index (κ2) is 3.10. The number of hydrogen-bond acceptors (Lipinski definition) is 2. The largest absolute Gasteiger partial charge is 0.493 e. The van der Waals surface area contributed by atoms with Crippen LogP contribution in [-0.4, -0.2) is 15.1 Å². The highest BCUT2D eigenvalue weighted by Crippen LogP contribution is 2.19. The Morgan fingerprint density at radius 2 is 2.00 bits per heavy atom. The predicted octanol–water partition coefficient (Wildman–Crippen LogP) is 2.06. The summed E-state index contributed by atoms with van der Waals surface area (Å²) in [6, 6.07) is 3.38. The van der Waals surface area contributed by atoms with Crippen molar-refractivity contribution in [3.63, 3.8) is 0 Å². The van der Waals surface area contributed by atoms with Crippen LogP contribution in [0.25, 0.3) is 11.4 Å². The summed E-state index contributed by atoms with van der Waals surface area (Å²) in [7, 11) is 0. The van der Waals surface area contributed by atoms with Crippen molar-refractivity contribution in [3.8, 4) is 17.3 Å². The molecule has 1 aromatic carbocycles. The van der Waals surface area contributed by atoms with Crippen LogP contribution in [0, 0.1) is 11.6 Å². The molecule has 0 spiro atoms. The highest BCUT2D eigenvalue weighted by atomic mass is 19.2. The number of nitrogens with zero attached hydrogens (tertiary/aromatic N) is 1. The quantitative estimate of drug-likeness (QED) is 0.733. The van der Waals surface area contributed by atoms with Gasteiger partial charge in [-0.2, -0.15) is 0 Å². The van der Waals surface area contributed by atoms with Crippen molar-refractivity contribution in [2.45, 2.75) is 0 Å². The molecule has 0 amide bonds. The van der Waals surface area contributed by atoms with Gasteiger partial charge in [0.2, 0.25) is 5.88 Å². The maximum atomic E-state index is 12.8. The van der Waals surface area contributed by atoms with Crippen molar-refractivity contribution < 1.29 is 13.9 Å². The number of aromatic nitrogens is 2. The Balaban J connectivity index is 2.47. The maximum Gasteiger partial charge on any atom is 0.208 e. The Labute approximate surface area is 78.0 Å². The van der Waals surface area contributed by atoms with Crippen molar-refractivity contribution in [1.29, 1.82) is 0 Å². The summed E-state index contributed by atoms with van der Waals surface area (Å²) in [6.07, 6.45) is 1.19. The van der Waals surface area contributed by atoms with Crippen molar-refractivity contribution in [2.24, 2.45) is 0 Å². The molecule has 3 nitrogen and oxygen atoms in total. The number of halogens is 2. The lowest BCUT2D eigenvalue weighted by molar-refractivity contribution is 0.457. The SMILES string of the molecule is Oc1cnc(-c2ccc(F)c(F)c2)[nH]1. The molecule has 0 bridgehead atoms. The summed E-state index contributed by atoms with van der Waals surface area (Å²) in [5.41, 5.74) is 0.379. The Morgan fingerprint density at radius 1 is 1.21 bits per heavy atom. The van der Waals surface area contributed by atoms with Crippen LogP contribution in [0.5, 0.6) is 5.88 Å². The highest BCUT2D eigenvalue weighted by molar-refractivity contribution is 5.55. The number of aromatic amines is 1. The molecule has 2 aromatic rings. The van der Waals surface area contributed by atoms with E-state index in [4.69, 9.17) is 5.11 Å². The molecule has 0 radical (unpaired) electrons. The van der Waals surface area contributed by atoms with Gasteiger partial charge in [-0.3, -0.25) is 0 Å². The van der Waals surface area contributed by atoms with E-state index in [0.717, 1.165) is 12.1 Å². The summed E-state index contributed by atoms with van der Waals surface area (Å²) in [6.45, 7) is 0. The zero-order valence-corrected chi connectivity index (χ0v) is 6.96. The van der Waals surface area contributed by atoms with Crippen molar-refractivity contribution in [2.75, 3.05) is 0 Å². The van der Waals surface area contributed by atoms with Crippen LogP contribution >= 0.6 is 0 Å². The summed E-state index contributed by atoms with van der Waals surface area (Å²) >= 11 is 0. The van der Waals surface area contributed by atoms with Gasteiger partial charge in [0.05, 0.1) is 6.20 Å². The smallest absolute Gasteiger partial charge is 0.208 e. The molecule has 0 aliphatic carbocycles. The van der Waals surface area contributed by atoms with E-state index in [2.05, 4.69) is 9.97 Å². The third-order valence-electron chi connectivity index (χ3n) is 1.76. The lowest BCUT2D eigenvalue weighted by atomic mass is 10.2. The molecule has 0 saturated carbocycles. The Kier molecular flexibility index (Phi) is 1.92. The van der Waals surface area contributed by atoms with E-state index in [0.29, 0.717) is 11.4 Å². The molecule has 14 heavy (non-hydrogen) atoms. The fraction of sp³-hybridized carbons (Fsp3) is 0. The molecule has 0 unspecified atom stereocenters. The van der Waals surface area contributed by atoms with Crippen LogP contribution in [0.15, 0.2) is 24.4 Å². The summed E-state index contributed by atoms with van der Waals surface area (Å²) < 4.78 is 25.4. The van der Waals surface area contributed by atoms with Crippen LogP contribution in [0.3, 0.4) is 0 Å². The number of imidazole rings is 1. The van der Waals surface area contributed by atoms with E-state index in [1.165, 1.54) is 12.3 Å². The molecule has 2 N–H and O–H groups in total. The first kappa shape index (κ1) is 8.68. The topological polar surface area (TPSA) is 48.9 Å². The minimum Gasteiger partial charge on any atom is -0.493 e. The Bertz CT molecular complexity index is 468. The average Bonchev–Trinajstić information content (AvgIpc) is 2.57.